The SMILES string of the molecule is COC(C)C(NC(=O)OCC1c2ccccc2-c2ccccc21)C(=O)NC1(C(=O)O)CCOC1. The third-order valence-electron chi connectivity index (χ3n) is 6.53. The Kier molecular flexibility index (Phi) is 6.85. The zero-order valence-electron chi connectivity index (χ0n) is 19.1. The molecule has 180 valence electrons. The number of alkyl carbamates (subject to hydrolysis) is 1. The van der Waals surface area contributed by atoms with E-state index in [1.165, 1.54) is 7.11 Å². The Hall–Kier alpha value is -3.43. The van der Waals surface area contributed by atoms with Crippen molar-refractivity contribution < 1.29 is 33.7 Å². The molecule has 1 aliphatic heterocycles. The quantitative estimate of drug-likeness (QED) is 0.543. The smallest absolute Gasteiger partial charge is 0.407 e. The summed E-state index contributed by atoms with van der Waals surface area (Å²) in [5, 5.41) is 14.7. The molecule has 0 aromatic heterocycles. The number of hydrogen-bond donors (Lipinski definition) is 3. The van der Waals surface area contributed by atoms with Crippen LogP contribution >= 0.6 is 0 Å². The van der Waals surface area contributed by atoms with E-state index in [0.29, 0.717) is 0 Å². The summed E-state index contributed by atoms with van der Waals surface area (Å²) in [6, 6.07) is 14.8. The first-order valence-corrected chi connectivity index (χ1v) is 11.1. The number of nitrogens with one attached hydrogen (secondary N) is 2. The van der Waals surface area contributed by atoms with Gasteiger partial charge >= 0.3 is 12.1 Å². The number of ether oxygens (including phenoxy) is 3. The molecule has 3 unspecified atom stereocenters. The topological polar surface area (TPSA) is 123 Å². The molecule has 0 spiro atoms. The van der Waals surface area contributed by atoms with E-state index in [1.54, 1.807) is 6.92 Å². The molecular formula is C25H28N2O7. The third kappa shape index (κ3) is 4.49. The van der Waals surface area contributed by atoms with E-state index in [1.807, 2.05) is 48.5 Å². The molecule has 2 amide bonds. The van der Waals surface area contributed by atoms with E-state index in [0.717, 1.165) is 22.3 Å². The lowest BCUT2D eigenvalue weighted by molar-refractivity contribution is -0.148. The van der Waals surface area contributed by atoms with Gasteiger partial charge in [0.1, 0.15) is 12.6 Å². The molecule has 1 saturated heterocycles. The van der Waals surface area contributed by atoms with Crippen LogP contribution in [-0.4, -0.2) is 67.7 Å². The summed E-state index contributed by atoms with van der Waals surface area (Å²) in [5.74, 6) is -2.00. The van der Waals surface area contributed by atoms with Crippen LogP contribution in [0.25, 0.3) is 11.1 Å². The van der Waals surface area contributed by atoms with Gasteiger partial charge in [-0.25, -0.2) is 9.59 Å². The van der Waals surface area contributed by atoms with Crippen LogP contribution in [0.3, 0.4) is 0 Å². The standard InChI is InChI=1S/C25H28N2O7/c1-15(32-2)21(22(28)27-25(23(29)30)11-12-33-14-25)26-24(31)34-13-20-18-9-5-3-7-16(18)17-8-4-6-10-19(17)20/h3-10,15,20-21H,11-14H2,1-2H3,(H,26,31)(H,27,28)(H,29,30). The summed E-state index contributed by atoms with van der Waals surface area (Å²) >= 11 is 0. The number of carbonyl (C=O) groups excluding carboxylic acids is 2. The number of carboxylic acids is 1. The minimum absolute atomic E-state index is 0.0858. The lowest BCUT2D eigenvalue weighted by Crippen LogP contribution is -2.62. The van der Waals surface area contributed by atoms with Crippen molar-refractivity contribution in [2.75, 3.05) is 26.9 Å². The minimum Gasteiger partial charge on any atom is -0.479 e. The number of amides is 2. The third-order valence-corrected chi connectivity index (χ3v) is 6.53. The van der Waals surface area contributed by atoms with Gasteiger partial charge in [-0.15, -0.1) is 0 Å². The molecule has 4 rings (SSSR count). The van der Waals surface area contributed by atoms with Crippen molar-refractivity contribution in [1.29, 1.82) is 0 Å². The number of carboxylic acid groups (broad SMARTS) is 1. The van der Waals surface area contributed by atoms with Gasteiger partial charge in [0.05, 0.1) is 12.7 Å². The van der Waals surface area contributed by atoms with E-state index in [-0.39, 0.29) is 32.2 Å². The Morgan fingerprint density at radius 3 is 2.26 bits per heavy atom. The molecular weight excluding hydrogens is 440 g/mol. The lowest BCUT2D eigenvalue weighted by atomic mass is 9.97. The average Bonchev–Trinajstić information content (AvgIpc) is 3.44. The molecule has 0 bridgehead atoms. The van der Waals surface area contributed by atoms with E-state index < -0.39 is 35.7 Å². The first-order valence-electron chi connectivity index (χ1n) is 11.1. The highest BCUT2D eigenvalue weighted by Crippen LogP contribution is 2.44. The highest BCUT2D eigenvalue weighted by Gasteiger charge is 2.45. The fourth-order valence-electron chi connectivity index (χ4n) is 4.50. The van der Waals surface area contributed by atoms with Crippen LogP contribution in [0.2, 0.25) is 0 Å². The van der Waals surface area contributed by atoms with Crippen molar-refractivity contribution in [2.45, 2.75) is 36.9 Å². The average molecular weight is 469 g/mol. The fourth-order valence-corrected chi connectivity index (χ4v) is 4.50. The second kappa shape index (κ2) is 9.82. The summed E-state index contributed by atoms with van der Waals surface area (Å²) < 4.78 is 16.0. The molecule has 2 aromatic rings. The maximum Gasteiger partial charge on any atom is 0.407 e. The van der Waals surface area contributed by atoms with Gasteiger partial charge in [0, 0.05) is 26.1 Å². The fraction of sp³-hybridized carbons (Fsp3) is 0.400. The van der Waals surface area contributed by atoms with Crippen LogP contribution < -0.4 is 10.6 Å². The molecule has 3 N–H and O–H groups in total. The van der Waals surface area contributed by atoms with Gasteiger partial charge < -0.3 is 30.0 Å². The Morgan fingerprint density at radius 2 is 1.74 bits per heavy atom. The molecule has 1 aliphatic carbocycles. The largest absolute Gasteiger partial charge is 0.479 e. The summed E-state index contributed by atoms with van der Waals surface area (Å²) in [6.07, 6.45) is -1.39. The Labute approximate surface area is 197 Å². The lowest BCUT2D eigenvalue weighted by Gasteiger charge is -2.29. The Balaban J connectivity index is 1.44. The number of benzene rings is 2. The Morgan fingerprint density at radius 1 is 1.12 bits per heavy atom. The predicted molar refractivity (Wildman–Crippen MR) is 122 cm³/mol. The van der Waals surface area contributed by atoms with Crippen molar-refractivity contribution in [3.05, 3.63) is 59.7 Å². The molecule has 9 heteroatoms. The summed E-state index contributed by atoms with van der Waals surface area (Å²) in [7, 11) is 1.40. The highest BCUT2D eigenvalue weighted by atomic mass is 16.5. The van der Waals surface area contributed by atoms with E-state index in [2.05, 4.69) is 10.6 Å². The van der Waals surface area contributed by atoms with E-state index in [9.17, 15) is 19.5 Å². The van der Waals surface area contributed by atoms with Crippen LogP contribution in [0.4, 0.5) is 4.79 Å². The maximum absolute atomic E-state index is 13.0. The molecule has 2 aromatic carbocycles. The molecule has 2 aliphatic rings. The highest BCUT2D eigenvalue weighted by molar-refractivity contribution is 5.92. The van der Waals surface area contributed by atoms with Crippen molar-refractivity contribution in [3.8, 4) is 11.1 Å². The molecule has 0 radical (unpaired) electrons. The van der Waals surface area contributed by atoms with Gasteiger partial charge in [-0.05, 0) is 29.2 Å². The van der Waals surface area contributed by atoms with Gasteiger partial charge in [-0.3, -0.25) is 4.79 Å². The van der Waals surface area contributed by atoms with Crippen molar-refractivity contribution in [2.24, 2.45) is 0 Å². The van der Waals surface area contributed by atoms with Gasteiger partial charge in [0.2, 0.25) is 5.91 Å². The molecule has 34 heavy (non-hydrogen) atoms. The van der Waals surface area contributed by atoms with E-state index >= 15 is 0 Å². The monoisotopic (exact) mass is 468 g/mol. The maximum atomic E-state index is 13.0. The summed E-state index contributed by atoms with van der Waals surface area (Å²) in [6.45, 7) is 1.76. The second-order valence-corrected chi connectivity index (χ2v) is 8.57. The van der Waals surface area contributed by atoms with Crippen LogP contribution in [0, 0.1) is 0 Å². The summed E-state index contributed by atoms with van der Waals surface area (Å²) in [5.41, 5.74) is 2.82. The summed E-state index contributed by atoms with van der Waals surface area (Å²) in [4.78, 5) is 37.4. The van der Waals surface area contributed by atoms with E-state index in [4.69, 9.17) is 14.2 Å². The molecule has 9 nitrogen and oxygen atoms in total. The number of hydrogen-bond acceptors (Lipinski definition) is 6. The number of carbonyl (C=O) groups is 3. The molecule has 1 fully saturated rings. The van der Waals surface area contributed by atoms with Gasteiger partial charge in [-0.1, -0.05) is 48.5 Å². The van der Waals surface area contributed by atoms with Crippen LogP contribution in [0.15, 0.2) is 48.5 Å². The van der Waals surface area contributed by atoms with Crippen molar-refractivity contribution in [3.63, 3.8) is 0 Å². The zero-order valence-corrected chi connectivity index (χ0v) is 19.1. The van der Waals surface area contributed by atoms with Gasteiger partial charge in [0.15, 0.2) is 5.54 Å². The normalized spacial score (nSPS) is 20.6. The van der Waals surface area contributed by atoms with Crippen molar-refractivity contribution >= 4 is 18.0 Å². The number of methoxy groups -OCH3 is 1. The molecule has 0 saturated carbocycles. The van der Waals surface area contributed by atoms with Crippen molar-refractivity contribution in [1.82, 2.24) is 10.6 Å². The molecule has 1 heterocycles. The predicted octanol–water partition coefficient (Wildman–Crippen LogP) is 2.29. The Bertz CT molecular complexity index is 1030. The van der Waals surface area contributed by atoms with Crippen LogP contribution in [-0.2, 0) is 23.8 Å². The second-order valence-electron chi connectivity index (χ2n) is 8.57. The van der Waals surface area contributed by atoms with Gasteiger partial charge in [0.25, 0.3) is 0 Å². The first-order chi connectivity index (χ1) is 16.4. The van der Waals surface area contributed by atoms with Crippen LogP contribution in [0.1, 0.15) is 30.4 Å². The zero-order chi connectivity index (χ0) is 24.3. The number of aliphatic carboxylic acids is 1. The minimum atomic E-state index is -1.54. The number of fused-ring (bicyclic) bond motifs is 3. The van der Waals surface area contributed by atoms with Gasteiger partial charge in [-0.2, -0.15) is 0 Å². The first kappa shape index (κ1) is 23.7. The number of rotatable bonds is 8. The van der Waals surface area contributed by atoms with Crippen LogP contribution in [0.5, 0.6) is 0 Å². The molecule has 3 atom stereocenters.